The predicted octanol–water partition coefficient (Wildman–Crippen LogP) is 3.35. The summed E-state index contributed by atoms with van der Waals surface area (Å²) >= 11 is 7.13. The van der Waals surface area contributed by atoms with Crippen molar-refractivity contribution in [1.82, 2.24) is 4.37 Å². The molecule has 0 saturated heterocycles. The Hall–Kier alpha value is -1.06. The molecule has 0 aliphatic carbocycles. The second kappa shape index (κ2) is 3.59. The molecular formula is C10H9ClN2S. The summed E-state index contributed by atoms with van der Waals surface area (Å²) in [4.78, 5) is 0. The molecule has 2 N–H and O–H groups in total. The molecule has 2 nitrogen and oxygen atoms in total. The van der Waals surface area contributed by atoms with Crippen molar-refractivity contribution >= 4 is 28.1 Å². The molecule has 0 aliphatic heterocycles. The number of benzene rings is 1. The van der Waals surface area contributed by atoms with Crippen LogP contribution in [0.5, 0.6) is 0 Å². The number of rotatable bonds is 1. The normalized spacial score (nSPS) is 10.4. The first-order valence-corrected chi connectivity index (χ1v) is 5.31. The van der Waals surface area contributed by atoms with Crippen LogP contribution in [0, 0.1) is 6.92 Å². The summed E-state index contributed by atoms with van der Waals surface area (Å²) in [6.07, 6.45) is 0. The number of nitrogens with two attached hydrogens (primary N) is 1. The van der Waals surface area contributed by atoms with Crippen LogP contribution in [0.1, 0.15) is 5.56 Å². The Kier molecular flexibility index (Phi) is 2.44. The third-order valence-corrected chi connectivity index (χ3v) is 3.11. The zero-order valence-electron chi connectivity index (χ0n) is 7.62. The maximum atomic E-state index is 5.80. The van der Waals surface area contributed by atoms with E-state index in [4.69, 9.17) is 17.3 Å². The minimum Gasteiger partial charge on any atom is -0.389 e. The monoisotopic (exact) mass is 224 g/mol. The summed E-state index contributed by atoms with van der Waals surface area (Å²) in [5.74, 6) is 0. The molecule has 0 aliphatic rings. The van der Waals surface area contributed by atoms with Gasteiger partial charge in [0.15, 0.2) is 0 Å². The van der Waals surface area contributed by atoms with Gasteiger partial charge in [-0.05, 0) is 30.6 Å². The van der Waals surface area contributed by atoms with Gasteiger partial charge in [0.05, 0.1) is 5.69 Å². The molecule has 72 valence electrons. The second-order valence-electron chi connectivity index (χ2n) is 3.03. The van der Waals surface area contributed by atoms with Gasteiger partial charge in [-0.15, -0.1) is 0 Å². The van der Waals surface area contributed by atoms with Gasteiger partial charge in [0.25, 0.3) is 0 Å². The van der Waals surface area contributed by atoms with Crippen LogP contribution in [-0.4, -0.2) is 4.37 Å². The highest BCUT2D eigenvalue weighted by Gasteiger charge is 2.08. The summed E-state index contributed by atoms with van der Waals surface area (Å²) < 4.78 is 4.29. The molecule has 1 heterocycles. The first-order chi connectivity index (χ1) is 6.68. The van der Waals surface area contributed by atoms with Crippen LogP contribution in [0.3, 0.4) is 0 Å². The molecule has 0 amide bonds. The molecule has 14 heavy (non-hydrogen) atoms. The SMILES string of the molecule is Cc1c(-c2ccc(Cl)cc2)nsc1N. The predicted molar refractivity (Wildman–Crippen MR) is 61.7 cm³/mol. The number of halogens is 1. The summed E-state index contributed by atoms with van der Waals surface area (Å²) in [6.45, 7) is 1.97. The van der Waals surface area contributed by atoms with Crippen LogP contribution in [0.4, 0.5) is 5.00 Å². The van der Waals surface area contributed by atoms with Gasteiger partial charge in [0.1, 0.15) is 5.00 Å². The highest BCUT2D eigenvalue weighted by Crippen LogP contribution is 2.29. The lowest BCUT2D eigenvalue weighted by Gasteiger charge is -1.98. The van der Waals surface area contributed by atoms with Crippen molar-refractivity contribution in [3.63, 3.8) is 0 Å². The fourth-order valence-electron chi connectivity index (χ4n) is 1.23. The number of hydrogen-bond acceptors (Lipinski definition) is 3. The van der Waals surface area contributed by atoms with Gasteiger partial charge in [-0.25, -0.2) is 0 Å². The third kappa shape index (κ3) is 1.61. The summed E-state index contributed by atoms with van der Waals surface area (Å²) in [5.41, 5.74) is 8.78. The lowest BCUT2D eigenvalue weighted by molar-refractivity contribution is 1.43. The van der Waals surface area contributed by atoms with Crippen molar-refractivity contribution in [2.24, 2.45) is 0 Å². The van der Waals surface area contributed by atoms with Crippen LogP contribution >= 0.6 is 23.1 Å². The quantitative estimate of drug-likeness (QED) is 0.807. The Morgan fingerprint density at radius 3 is 2.43 bits per heavy atom. The van der Waals surface area contributed by atoms with Crippen molar-refractivity contribution in [3.05, 3.63) is 34.9 Å². The second-order valence-corrected chi connectivity index (χ2v) is 4.27. The van der Waals surface area contributed by atoms with E-state index in [1.165, 1.54) is 11.5 Å². The zero-order chi connectivity index (χ0) is 10.1. The van der Waals surface area contributed by atoms with E-state index >= 15 is 0 Å². The summed E-state index contributed by atoms with van der Waals surface area (Å²) in [7, 11) is 0. The molecule has 0 atom stereocenters. The average Bonchev–Trinajstić information content (AvgIpc) is 2.50. The maximum Gasteiger partial charge on any atom is 0.110 e. The molecule has 1 aromatic carbocycles. The first kappa shape index (κ1) is 9.49. The summed E-state index contributed by atoms with van der Waals surface area (Å²) in [5, 5.41) is 1.50. The van der Waals surface area contributed by atoms with E-state index in [0.717, 1.165) is 26.8 Å². The third-order valence-electron chi connectivity index (χ3n) is 2.08. The van der Waals surface area contributed by atoms with E-state index in [0.29, 0.717) is 0 Å². The Morgan fingerprint density at radius 1 is 1.29 bits per heavy atom. The molecule has 0 spiro atoms. The largest absolute Gasteiger partial charge is 0.389 e. The summed E-state index contributed by atoms with van der Waals surface area (Å²) in [6, 6.07) is 7.60. The molecule has 2 rings (SSSR count). The van der Waals surface area contributed by atoms with Gasteiger partial charge in [-0.1, -0.05) is 23.7 Å². The number of anilines is 1. The minimum absolute atomic E-state index is 0.731. The van der Waals surface area contributed by atoms with Crippen molar-refractivity contribution in [2.45, 2.75) is 6.92 Å². The molecule has 1 aromatic heterocycles. The molecule has 0 saturated carbocycles. The van der Waals surface area contributed by atoms with Crippen LogP contribution < -0.4 is 5.73 Å². The topological polar surface area (TPSA) is 38.9 Å². The van der Waals surface area contributed by atoms with Crippen molar-refractivity contribution in [3.8, 4) is 11.3 Å². The van der Waals surface area contributed by atoms with Crippen LogP contribution in [0.2, 0.25) is 5.02 Å². The molecule has 2 aromatic rings. The zero-order valence-corrected chi connectivity index (χ0v) is 9.19. The van der Waals surface area contributed by atoms with Gasteiger partial charge in [-0.3, -0.25) is 0 Å². The molecular weight excluding hydrogens is 216 g/mol. The highest BCUT2D eigenvalue weighted by atomic mass is 35.5. The van der Waals surface area contributed by atoms with Crippen molar-refractivity contribution < 1.29 is 0 Å². The van der Waals surface area contributed by atoms with Crippen LogP contribution in [-0.2, 0) is 0 Å². The molecule has 4 heteroatoms. The number of hydrogen-bond donors (Lipinski definition) is 1. The van der Waals surface area contributed by atoms with E-state index < -0.39 is 0 Å². The van der Waals surface area contributed by atoms with Crippen molar-refractivity contribution in [2.75, 3.05) is 5.73 Å². The highest BCUT2D eigenvalue weighted by molar-refractivity contribution is 7.10. The van der Waals surface area contributed by atoms with E-state index in [-0.39, 0.29) is 0 Å². The van der Waals surface area contributed by atoms with Gasteiger partial charge < -0.3 is 5.73 Å². The fourth-order valence-corrected chi connectivity index (χ4v) is 2.02. The van der Waals surface area contributed by atoms with E-state index in [2.05, 4.69) is 4.37 Å². The minimum atomic E-state index is 0.731. The van der Waals surface area contributed by atoms with Gasteiger partial charge in [0.2, 0.25) is 0 Å². The number of nitrogens with zero attached hydrogens (tertiary/aromatic N) is 1. The van der Waals surface area contributed by atoms with E-state index in [1.807, 2.05) is 31.2 Å². The Balaban J connectivity index is 2.49. The molecule has 0 unspecified atom stereocenters. The lowest BCUT2D eigenvalue weighted by Crippen LogP contribution is -1.84. The van der Waals surface area contributed by atoms with Crippen molar-refractivity contribution in [1.29, 1.82) is 0 Å². The maximum absolute atomic E-state index is 5.80. The Morgan fingerprint density at radius 2 is 1.93 bits per heavy atom. The standard InChI is InChI=1S/C10H9ClN2S/c1-6-9(13-14-10(6)12)7-2-4-8(11)5-3-7/h2-5H,12H2,1H3. The van der Waals surface area contributed by atoms with Crippen LogP contribution in [0.25, 0.3) is 11.3 Å². The fraction of sp³-hybridized carbons (Fsp3) is 0.100. The molecule has 0 bridgehead atoms. The smallest absolute Gasteiger partial charge is 0.110 e. The van der Waals surface area contributed by atoms with Gasteiger partial charge >= 0.3 is 0 Å². The lowest BCUT2D eigenvalue weighted by atomic mass is 10.1. The first-order valence-electron chi connectivity index (χ1n) is 4.16. The Bertz CT molecular complexity index is 448. The molecule has 0 radical (unpaired) electrons. The Labute approximate surface area is 91.5 Å². The van der Waals surface area contributed by atoms with Crippen LogP contribution in [0.15, 0.2) is 24.3 Å². The molecule has 0 fully saturated rings. The van der Waals surface area contributed by atoms with E-state index in [1.54, 1.807) is 0 Å². The number of nitrogen functional groups attached to an aromatic ring is 1. The van der Waals surface area contributed by atoms with E-state index in [9.17, 15) is 0 Å². The van der Waals surface area contributed by atoms with Gasteiger partial charge in [0, 0.05) is 16.1 Å². The number of aromatic nitrogens is 1. The average molecular weight is 225 g/mol. The van der Waals surface area contributed by atoms with Gasteiger partial charge in [-0.2, -0.15) is 4.37 Å².